The molecule has 2 rings (SSSR count). The molecule has 3 unspecified atom stereocenters. The Morgan fingerprint density at radius 3 is 2.71 bits per heavy atom. The highest BCUT2D eigenvalue weighted by Crippen LogP contribution is 2.48. The summed E-state index contributed by atoms with van der Waals surface area (Å²) >= 11 is 0. The molecule has 2 fully saturated rings. The van der Waals surface area contributed by atoms with Gasteiger partial charge in [-0.3, -0.25) is 4.79 Å². The van der Waals surface area contributed by atoms with Crippen LogP contribution >= 0.6 is 0 Å². The zero-order chi connectivity index (χ0) is 12.3. The Kier molecular flexibility index (Phi) is 4.61. The molecule has 2 aliphatic rings. The lowest BCUT2D eigenvalue weighted by Gasteiger charge is -2.27. The van der Waals surface area contributed by atoms with Gasteiger partial charge in [0.2, 0.25) is 0 Å². The largest absolute Gasteiger partial charge is 0.306 e. The minimum atomic E-state index is 0.415. The van der Waals surface area contributed by atoms with Crippen LogP contribution in [0.15, 0.2) is 0 Å². The summed E-state index contributed by atoms with van der Waals surface area (Å²) in [4.78, 5) is 13.7. The van der Waals surface area contributed by atoms with Gasteiger partial charge in [-0.05, 0) is 57.0 Å². The molecule has 0 radical (unpaired) electrons. The lowest BCUT2D eigenvalue weighted by molar-refractivity contribution is -0.118. The van der Waals surface area contributed by atoms with Crippen LogP contribution < -0.4 is 0 Å². The predicted octanol–water partition coefficient (Wildman–Crippen LogP) is 3.11. The highest BCUT2D eigenvalue weighted by Gasteiger charge is 2.39. The highest BCUT2D eigenvalue weighted by molar-refractivity contribution is 5.77. The molecule has 2 aliphatic carbocycles. The fraction of sp³-hybridized carbons (Fsp3) is 0.933. The van der Waals surface area contributed by atoms with E-state index in [1.807, 2.05) is 6.92 Å². The average molecular weight is 237 g/mol. The van der Waals surface area contributed by atoms with Crippen LogP contribution in [-0.4, -0.2) is 30.8 Å². The summed E-state index contributed by atoms with van der Waals surface area (Å²) in [5.41, 5.74) is 0. The van der Waals surface area contributed by atoms with Crippen molar-refractivity contribution in [1.29, 1.82) is 0 Å². The molecule has 0 amide bonds. The van der Waals surface area contributed by atoms with Crippen molar-refractivity contribution in [2.45, 2.75) is 51.9 Å². The van der Waals surface area contributed by atoms with Gasteiger partial charge in [0.05, 0.1) is 0 Å². The third kappa shape index (κ3) is 3.54. The monoisotopic (exact) mass is 237 g/mol. The first kappa shape index (κ1) is 13.1. The van der Waals surface area contributed by atoms with Gasteiger partial charge in [0, 0.05) is 19.4 Å². The van der Waals surface area contributed by atoms with Crippen LogP contribution in [0.3, 0.4) is 0 Å². The second-order valence-corrected chi connectivity index (χ2v) is 6.19. The fourth-order valence-electron chi connectivity index (χ4n) is 3.81. The average Bonchev–Trinajstić information content (AvgIpc) is 2.90. The van der Waals surface area contributed by atoms with E-state index in [2.05, 4.69) is 11.9 Å². The van der Waals surface area contributed by atoms with Crippen molar-refractivity contribution in [1.82, 2.24) is 4.90 Å². The van der Waals surface area contributed by atoms with E-state index in [0.717, 1.165) is 37.1 Å². The second kappa shape index (κ2) is 5.99. The van der Waals surface area contributed by atoms with Crippen molar-refractivity contribution in [2.24, 2.45) is 17.8 Å². The molecule has 2 bridgehead atoms. The number of fused-ring (bicyclic) bond motifs is 2. The molecule has 0 aromatic heterocycles. The van der Waals surface area contributed by atoms with Crippen LogP contribution in [0, 0.1) is 17.8 Å². The summed E-state index contributed by atoms with van der Waals surface area (Å²) in [5, 5.41) is 0. The number of carbonyl (C=O) groups is 1. The summed E-state index contributed by atoms with van der Waals surface area (Å²) < 4.78 is 0. The van der Waals surface area contributed by atoms with Crippen molar-refractivity contribution in [3.63, 3.8) is 0 Å². The van der Waals surface area contributed by atoms with E-state index >= 15 is 0 Å². The minimum Gasteiger partial charge on any atom is -0.306 e. The number of ketones is 1. The van der Waals surface area contributed by atoms with Gasteiger partial charge in [-0.25, -0.2) is 0 Å². The molecule has 0 aromatic carbocycles. The first-order valence-electron chi connectivity index (χ1n) is 7.39. The number of hydrogen-bond donors (Lipinski definition) is 0. The van der Waals surface area contributed by atoms with Crippen molar-refractivity contribution >= 4 is 5.78 Å². The summed E-state index contributed by atoms with van der Waals surface area (Å²) in [5.74, 6) is 3.46. The Morgan fingerprint density at radius 1 is 1.29 bits per heavy atom. The molecule has 2 nitrogen and oxygen atoms in total. The molecule has 0 heterocycles. The van der Waals surface area contributed by atoms with Crippen molar-refractivity contribution in [2.75, 3.05) is 20.1 Å². The Hall–Kier alpha value is -0.370. The van der Waals surface area contributed by atoms with Crippen LogP contribution in [0.2, 0.25) is 0 Å². The van der Waals surface area contributed by atoms with Crippen molar-refractivity contribution in [3.05, 3.63) is 0 Å². The van der Waals surface area contributed by atoms with E-state index in [0.29, 0.717) is 12.2 Å². The van der Waals surface area contributed by atoms with Crippen molar-refractivity contribution in [3.8, 4) is 0 Å². The molecule has 3 atom stereocenters. The smallest absolute Gasteiger partial charge is 0.132 e. The summed E-state index contributed by atoms with van der Waals surface area (Å²) in [6.07, 6.45) is 8.49. The van der Waals surface area contributed by atoms with E-state index in [1.54, 1.807) is 0 Å². The molecular formula is C15H27NO. The maximum Gasteiger partial charge on any atom is 0.132 e. The molecule has 2 heteroatoms. The highest BCUT2D eigenvalue weighted by atomic mass is 16.1. The Balaban J connectivity index is 1.61. The molecule has 0 aromatic rings. The van der Waals surface area contributed by atoms with Gasteiger partial charge < -0.3 is 4.90 Å². The minimum absolute atomic E-state index is 0.415. The number of hydrogen-bond acceptors (Lipinski definition) is 2. The first-order valence-corrected chi connectivity index (χ1v) is 7.39. The van der Waals surface area contributed by atoms with Crippen LogP contribution in [0.4, 0.5) is 0 Å². The third-order valence-corrected chi connectivity index (χ3v) is 4.82. The summed E-state index contributed by atoms with van der Waals surface area (Å²) in [6, 6.07) is 0. The molecule has 2 saturated carbocycles. The summed E-state index contributed by atoms with van der Waals surface area (Å²) in [6.45, 7) is 4.32. The lowest BCUT2D eigenvalue weighted by atomic mass is 9.88. The van der Waals surface area contributed by atoms with E-state index in [1.165, 1.54) is 32.2 Å². The molecule has 98 valence electrons. The zero-order valence-electron chi connectivity index (χ0n) is 11.5. The van der Waals surface area contributed by atoms with E-state index in [-0.39, 0.29) is 0 Å². The van der Waals surface area contributed by atoms with E-state index < -0.39 is 0 Å². The molecule has 0 saturated heterocycles. The topological polar surface area (TPSA) is 20.3 Å². The number of carbonyl (C=O) groups excluding carboxylic acids is 1. The van der Waals surface area contributed by atoms with E-state index in [4.69, 9.17) is 0 Å². The molecule has 0 spiro atoms. The van der Waals surface area contributed by atoms with Gasteiger partial charge in [-0.1, -0.05) is 13.3 Å². The summed E-state index contributed by atoms with van der Waals surface area (Å²) in [7, 11) is 2.22. The zero-order valence-corrected chi connectivity index (χ0v) is 11.5. The standard InChI is InChI=1S/C15H27NO/c1-3-15(17)5-4-8-16(2)11-14-10-12-6-7-13(14)9-12/h12-14H,3-11H2,1-2H3. The Morgan fingerprint density at radius 2 is 2.12 bits per heavy atom. The van der Waals surface area contributed by atoms with Gasteiger partial charge in [0.25, 0.3) is 0 Å². The predicted molar refractivity (Wildman–Crippen MR) is 71.0 cm³/mol. The molecule has 0 N–H and O–H groups in total. The first-order chi connectivity index (χ1) is 8.19. The van der Waals surface area contributed by atoms with Crippen LogP contribution in [-0.2, 0) is 4.79 Å². The van der Waals surface area contributed by atoms with Gasteiger partial charge in [0.15, 0.2) is 0 Å². The van der Waals surface area contributed by atoms with Gasteiger partial charge in [-0.2, -0.15) is 0 Å². The molecular weight excluding hydrogens is 210 g/mol. The SMILES string of the molecule is CCC(=O)CCCN(C)CC1CC2CCC1C2. The van der Waals surface area contributed by atoms with Gasteiger partial charge in [-0.15, -0.1) is 0 Å². The Bertz CT molecular complexity index is 264. The quantitative estimate of drug-likeness (QED) is 0.678. The number of Topliss-reactive ketones (excluding diaryl/α,β-unsaturated/α-hetero) is 1. The lowest BCUT2D eigenvalue weighted by Crippen LogP contribution is -2.29. The van der Waals surface area contributed by atoms with Crippen LogP contribution in [0.25, 0.3) is 0 Å². The second-order valence-electron chi connectivity index (χ2n) is 6.19. The molecule has 17 heavy (non-hydrogen) atoms. The molecule has 0 aliphatic heterocycles. The van der Waals surface area contributed by atoms with Crippen LogP contribution in [0.5, 0.6) is 0 Å². The van der Waals surface area contributed by atoms with Crippen molar-refractivity contribution < 1.29 is 4.79 Å². The Labute approximate surface area is 106 Å². The van der Waals surface area contributed by atoms with Crippen LogP contribution in [0.1, 0.15) is 51.9 Å². The maximum atomic E-state index is 11.2. The number of rotatable bonds is 7. The number of nitrogens with zero attached hydrogens (tertiary/aromatic N) is 1. The normalized spacial score (nSPS) is 31.4. The van der Waals surface area contributed by atoms with Gasteiger partial charge in [0.1, 0.15) is 5.78 Å². The van der Waals surface area contributed by atoms with E-state index in [9.17, 15) is 4.79 Å². The maximum absolute atomic E-state index is 11.2. The van der Waals surface area contributed by atoms with Gasteiger partial charge >= 0.3 is 0 Å². The third-order valence-electron chi connectivity index (χ3n) is 4.82. The fourth-order valence-corrected chi connectivity index (χ4v) is 3.81.